The van der Waals surface area contributed by atoms with Gasteiger partial charge in [0.25, 0.3) is 0 Å². The monoisotopic (exact) mass is 253 g/mol. The van der Waals surface area contributed by atoms with Gasteiger partial charge in [-0.1, -0.05) is 12.1 Å². The van der Waals surface area contributed by atoms with Crippen LogP contribution in [-0.2, 0) is 17.8 Å². The van der Waals surface area contributed by atoms with Gasteiger partial charge >= 0.3 is 0 Å². The Labute approximate surface area is 108 Å². The number of aromatic nitrogens is 3. The highest BCUT2D eigenvalue weighted by atomic mass is 16.5. The van der Waals surface area contributed by atoms with Gasteiger partial charge in [0.1, 0.15) is 0 Å². The third-order valence-electron chi connectivity index (χ3n) is 3.38. The van der Waals surface area contributed by atoms with Crippen molar-refractivity contribution in [1.29, 1.82) is 0 Å². The highest BCUT2D eigenvalue weighted by molar-refractivity contribution is 4.91. The molecule has 0 radical (unpaired) electrons. The summed E-state index contributed by atoms with van der Waals surface area (Å²) in [6.45, 7) is 7.63. The standard InChI is InChI=1S/C12H23N5O/c1-3-12-10-18-7-6-16(12)4-5-17-9-11(8-13-2)14-15-17/h9,12-13H,3-8,10H2,1-2H3. The van der Waals surface area contributed by atoms with Crippen molar-refractivity contribution in [3.63, 3.8) is 0 Å². The summed E-state index contributed by atoms with van der Waals surface area (Å²) in [7, 11) is 1.92. The van der Waals surface area contributed by atoms with Crippen LogP contribution in [0.4, 0.5) is 0 Å². The molecule has 6 nitrogen and oxygen atoms in total. The molecule has 1 aliphatic heterocycles. The van der Waals surface area contributed by atoms with E-state index in [0.717, 1.165) is 51.5 Å². The van der Waals surface area contributed by atoms with Gasteiger partial charge in [0, 0.05) is 31.9 Å². The summed E-state index contributed by atoms with van der Waals surface area (Å²) in [5.41, 5.74) is 0.992. The number of nitrogens with one attached hydrogen (secondary N) is 1. The van der Waals surface area contributed by atoms with Crippen molar-refractivity contribution in [1.82, 2.24) is 25.2 Å². The topological polar surface area (TPSA) is 55.2 Å². The second kappa shape index (κ2) is 6.82. The molecular weight excluding hydrogens is 230 g/mol. The van der Waals surface area contributed by atoms with E-state index in [0.29, 0.717) is 6.04 Å². The Balaban J connectivity index is 1.81. The molecule has 1 N–H and O–H groups in total. The van der Waals surface area contributed by atoms with Crippen molar-refractivity contribution in [3.8, 4) is 0 Å². The quantitative estimate of drug-likeness (QED) is 0.780. The summed E-state index contributed by atoms with van der Waals surface area (Å²) in [6.07, 6.45) is 3.15. The van der Waals surface area contributed by atoms with Crippen LogP contribution in [0.5, 0.6) is 0 Å². The number of rotatable bonds is 6. The van der Waals surface area contributed by atoms with E-state index in [4.69, 9.17) is 4.74 Å². The molecule has 1 saturated heterocycles. The summed E-state index contributed by atoms with van der Waals surface area (Å²) in [5, 5.41) is 11.3. The lowest BCUT2D eigenvalue weighted by Crippen LogP contribution is -2.46. The maximum atomic E-state index is 5.51. The molecule has 6 heteroatoms. The van der Waals surface area contributed by atoms with Crippen LogP contribution in [0.1, 0.15) is 19.0 Å². The van der Waals surface area contributed by atoms with Crippen molar-refractivity contribution in [3.05, 3.63) is 11.9 Å². The molecule has 0 amide bonds. The first kappa shape index (κ1) is 13.5. The van der Waals surface area contributed by atoms with Crippen LogP contribution in [0.2, 0.25) is 0 Å². The van der Waals surface area contributed by atoms with Crippen LogP contribution in [0, 0.1) is 0 Å². The Morgan fingerprint density at radius 2 is 2.39 bits per heavy atom. The fraction of sp³-hybridized carbons (Fsp3) is 0.833. The van der Waals surface area contributed by atoms with Gasteiger partial charge in [-0.25, -0.2) is 0 Å². The molecule has 1 atom stereocenters. The number of ether oxygens (including phenoxy) is 1. The highest BCUT2D eigenvalue weighted by Gasteiger charge is 2.20. The van der Waals surface area contributed by atoms with Gasteiger partial charge in [0.15, 0.2) is 0 Å². The first-order valence-corrected chi connectivity index (χ1v) is 6.69. The maximum Gasteiger partial charge on any atom is 0.0964 e. The van der Waals surface area contributed by atoms with Gasteiger partial charge in [-0.3, -0.25) is 9.58 Å². The van der Waals surface area contributed by atoms with Crippen molar-refractivity contribution in [2.75, 3.05) is 33.4 Å². The minimum Gasteiger partial charge on any atom is -0.378 e. The Morgan fingerprint density at radius 1 is 1.50 bits per heavy atom. The molecule has 18 heavy (non-hydrogen) atoms. The molecule has 1 unspecified atom stereocenters. The van der Waals surface area contributed by atoms with Crippen molar-refractivity contribution in [2.24, 2.45) is 0 Å². The summed E-state index contributed by atoms with van der Waals surface area (Å²) in [6, 6.07) is 0.555. The Kier molecular flexibility index (Phi) is 5.10. The van der Waals surface area contributed by atoms with Gasteiger partial charge in [0.05, 0.1) is 25.5 Å². The Hall–Kier alpha value is -0.980. The molecular formula is C12H23N5O. The number of hydrogen-bond donors (Lipinski definition) is 1. The lowest BCUT2D eigenvalue weighted by Gasteiger charge is -2.34. The van der Waals surface area contributed by atoms with Crippen LogP contribution in [-0.4, -0.2) is 59.3 Å². The smallest absolute Gasteiger partial charge is 0.0964 e. The molecule has 0 bridgehead atoms. The van der Waals surface area contributed by atoms with Crippen molar-refractivity contribution in [2.45, 2.75) is 32.5 Å². The molecule has 0 aromatic carbocycles. The van der Waals surface area contributed by atoms with Gasteiger partial charge in [0.2, 0.25) is 0 Å². The second-order valence-corrected chi connectivity index (χ2v) is 4.68. The molecule has 2 heterocycles. The summed E-state index contributed by atoms with van der Waals surface area (Å²) in [4.78, 5) is 2.49. The zero-order valence-corrected chi connectivity index (χ0v) is 11.3. The SMILES string of the molecule is CCC1COCCN1CCn1cc(CNC)nn1. The lowest BCUT2D eigenvalue weighted by atomic mass is 10.2. The van der Waals surface area contributed by atoms with Gasteiger partial charge < -0.3 is 10.1 Å². The van der Waals surface area contributed by atoms with Crippen LogP contribution in [0.3, 0.4) is 0 Å². The normalized spacial score (nSPS) is 21.3. The van der Waals surface area contributed by atoms with E-state index >= 15 is 0 Å². The Bertz CT molecular complexity index is 354. The van der Waals surface area contributed by atoms with E-state index in [-0.39, 0.29) is 0 Å². The number of morpholine rings is 1. The highest BCUT2D eigenvalue weighted by Crippen LogP contribution is 2.09. The predicted octanol–water partition coefficient (Wildman–Crippen LogP) is 0.108. The minimum atomic E-state index is 0.555. The predicted molar refractivity (Wildman–Crippen MR) is 69.3 cm³/mol. The maximum absolute atomic E-state index is 5.51. The summed E-state index contributed by atoms with van der Waals surface area (Å²) >= 11 is 0. The Morgan fingerprint density at radius 3 is 3.17 bits per heavy atom. The van der Waals surface area contributed by atoms with E-state index in [1.54, 1.807) is 0 Å². The van der Waals surface area contributed by atoms with Crippen LogP contribution >= 0.6 is 0 Å². The van der Waals surface area contributed by atoms with Crippen LogP contribution in [0.15, 0.2) is 6.20 Å². The molecule has 0 aliphatic carbocycles. The largest absolute Gasteiger partial charge is 0.378 e. The first-order chi connectivity index (χ1) is 8.83. The van der Waals surface area contributed by atoms with Crippen molar-refractivity contribution < 1.29 is 4.74 Å². The minimum absolute atomic E-state index is 0.555. The third kappa shape index (κ3) is 3.51. The fourth-order valence-electron chi connectivity index (χ4n) is 2.30. The molecule has 1 aromatic rings. The molecule has 0 spiro atoms. The zero-order valence-electron chi connectivity index (χ0n) is 11.3. The average Bonchev–Trinajstić information content (AvgIpc) is 2.85. The molecule has 102 valence electrons. The summed E-state index contributed by atoms with van der Waals surface area (Å²) in [5.74, 6) is 0. The lowest BCUT2D eigenvalue weighted by molar-refractivity contribution is -0.0103. The van der Waals surface area contributed by atoms with E-state index in [1.807, 2.05) is 17.9 Å². The van der Waals surface area contributed by atoms with Gasteiger partial charge in [-0.15, -0.1) is 5.10 Å². The third-order valence-corrected chi connectivity index (χ3v) is 3.38. The number of nitrogens with zero attached hydrogens (tertiary/aromatic N) is 4. The van der Waals surface area contributed by atoms with Gasteiger partial charge in [-0.05, 0) is 13.5 Å². The fourth-order valence-corrected chi connectivity index (χ4v) is 2.30. The molecule has 1 aromatic heterocycles. The van der Waals surface area contributed by atoms with E-state index in [9.17, 15) is 0 Å². The van der Waals surface area contributed by atoms with Crippen molar-refractivity contribution >= 4 is 0 Å². The number of hydrogen-bond acceptors (Lipinski definition) is 5. The van der Waals surface area contributed by atoms with E-state index in [2.05, 4.69) is 27.5 Å². The first-order valence-electron chi connectivity index (χ1n) is 6.69. The zero-order chi connectivity index (χ0) is 12.8. The van der Waals surface area contributed by atoms with Gasteiger partial charge in [-0.2, -0.15) is 0 Å². The molecule has 1 fully saturated rings. The molecule has 2 rings (SSSR count). The van der Waals surface area contributed by atoms with Crippen LogP contribution < -0.4 is 5.32 Å². The van der Waals surface area contributed by atoms with E-state index in [1.165, 1.54) is 0 Å². The van der Waals surface area contributed by atoms with E-state index < -0.39 is 0 Å². The second-order valence-electron chi connectivity index (χ2n) is 4.68. The molecule has 0 saturated carbocycles. The van der Waals surface area contributed by atoms with Crippen LogP contribution in [0.25, 0.3) is 0 Å². The average molecular weight is 253 g/mol. The summed E-state index contributed by atoms with van der Waals surface area (Å²) < 4.78 is 7.43. The molecule has 1 aliphatic rings.